The van der Waals surface area contributed by atoms with E-state index in [1.807, 2.05) is 25.1 Å². The second kappa shape index (κ2) is 8.52. The first kappa shape index (κ1) is 22.6. The highest BCUT2D eigenvalue weighted by Crippen LogP contribution is 2.38. The highest BCUT2D eigenvalue weighted by Gasteiger charge is 2.40. The van der Waals surface area contributed by atoms with Crippen molar-refractivity contribution in [1.82, 2.24) is 0 Å². The number of ether oxygens (including phenoxy) is 1. The lowest BCUT2D eigenvalue weighted by Crippen LogP contribution is -2.44. The minimum atomic E-state index is -1.81. The van der Waals surface area contributed by atoms with E-state index >= 15 is 0 Å². The van der Waals surface area contributed by atoms with Gasteiger partial charge in [-0.3, -0.25) is 4.79 Å². The Labute approximate surface area is 168 Å². The summed E-state index contributed by atoms with van der Waals surface area (Å²) < 4.78 is 12.7. The van der Waals surface area contributed by atoms with Crippen LogP contribution in [0.3, 0.4) is 0 Å². The molecule has 0 bridgehead atoms. The maximum Gasteiger partial charge on any atom is 0.315 e. The molecule has 0 saturated carbocycles. The Morgan fingerprint density at radius 3 is 2.32 bits per heavy atom. The van der Waals surface area contributed by atoms with Gasteiger partial charge in [0, 0.05) is 9.67 Å². The van der Waals surface area contributed by atoms with Crippen LogP contribution >= 0.6 is 22.6 Å². The van der Waals surface area contributed by atoms with E-state index in [1.54, 1.807) is 0 Å². The van der Waals surface area contributed by atoms with Gasteiger partial charge in [-0.15, -0.1) is 0 Å². The van der Waals surface area contributed by atoms with Gasteiger partial charge >= 0.3 is 5.97 Å². The van der Waals surface area contributed by atoms with Gasteiger partial charge in [-0.1, -0.05) is 32.9 Å². The molecule has 0 radical (unpaired) electrons. The standard InChI is InChI=1S/C20H33IO3Si/c1-15(24-25(7,8)19(2,3)4)12-13-20(5,18(22)23-6)16-10-9-11-17(21)14-16/h9-11,14-15H,12-13H2,1-8H3. The average molecular weight is 476 g/mol. The third-order valence-electron chi connectivity index (χ3n) is 5.45. The number of benzene rings is 1. The molecule has 2 unspecified atom stereocenters. The van der Waals surface area contributed by atoms with Crippen LogP contribution < -0.4 is 0 Å². The maximum absolute atomic E-state index is 12.5. The molecule has 0 aliphatic heterocycles. The topological polar surface area (TPSA) is 35.5 Å². The molecule has 1 aromatic rings. The quantitative estimate of drug-likeness (QED) is 0.279. The molecule has 5 heteroatoms. The molecule has 0 heterocycles. The number of halogens is 1. The molecule has 142 valence electrons. The van der Waals surface area contributed by atoms with Gasteiger partial charge in [0.2, 0.25) is 0 Å². The van der Waals surface area contributed by atoms with Crippen molar-refractivity contribution in [2.24, 2.45) is 0 Å². The zero-order valence-electron chi connectivity index (χ0n) is 16.9. The van der Waals surface area contributed by atoms with Crippen molar-refractivity contribution >= 4 is 36.9 Å². The molecule has 0 saturated heterocycles. The van der Waals surface area contributed by atoms with Crippen LogP contribution in [-0.2, 0) is 19.4 Å². The van der Waals surface area contributed by atoms with Gasteiger partial charge in [0.25, 0.3) is 0 Å². The van der Waals surface area contributed by atoms with Crippen molar-refractivity contribution < 1.29 is 14.0 Å². The maximum atomic E-state index is 12.5. The highest BCUT2D eigenvalue weighted by molar-refractivity contribution is 14.1. The van der Waals surface area contributed by atoms with Crippen LogP contribution in [0.2, 0.25) is 18.1 Å². The molecule has 1 aromatic carbocycles. The first-order chi connectivity index (χ1) is 11.3. The number of carbonyl (C=O) groups excluding carboxylic acids is 1. The summed E-state index contributed by atoms with van der Waals surface area (Å²) in [6.07, 6.45) is 1.65. The number of hydrogen-bond acceptors (Lipinski definition) is 3. The van der Waals surface area contributed by atoms with Crippen LogP contribution in [0.4, 0.5) is 0 Å². The average Bonchev–Trinajstić information content (AvgIpc) is 2.50. The van der Waals surface area contributed by atoms with Crippen molar-refractivity contribution in [3.63, 3.8) is 0 Å². The third-order valence-corrected chi connectivity index (χ3v) is 10.7. The summed E-state index contributed by atoms with van der Waals surface area (Å²) >= 11 is 2.28. The number of rotatable bonds is 7. The monoisotopic (exact) mass is 476 g/mol. The molecule has 0 fully saturated rings. The van der Waals surface area contributed by atoms with Crippen molar-refractivity contribution in [3.05, 3.63) is 33.4 Å². The minimum Gasteiger partial charge on any atom is -0.468 e. The SMILES string of the molecule is COC(=O)C(C)(CCC(C)O[Si](C)(C)C(C)(C)C)c1cccc(I)c1. The van der Waals surface area contributed by atoms with Gasteiger partial charge < -0.3 is 9.16 Å². The molecule has 0 aromatic heterocycles. The zero-order chi connectivity index (χ0) is 19.5. The van der Waals surface area contributed by atoms with E-state index in [-0.39, 0.29) is 17.1 Å². The van der Waals surface area contributed by atoms with Crippen molar-refractivity contribution in [1.29, 1.82) is 0 Å². The number of carbonyl (C=O) groups is 1. The van der Waals surface area contributed by atoms with E-state index in [2.05, 4.69) is 69.4 Å². The molecule has 2 atom stereocenters. The van der Waals surface area contributed by atoms with E-state index < -0.39 is 13.7 Å². The minimum absolute atomic E-state index is 0.118. The number of esters is 1. The summed E-state index contributed by atoms with van der Waals surface area (Å²) in [7, 11) is -0.343. The highest BCUT2D eigenvalue weighted by atomic mass is 127. The molecule has 0 amide bonds. The van der Waals surface area contributed by atoms with Crippen LogP contribution in [0.25, 0.3) is 0 Å². The molecular weight excluding hydrogens is 443 g/mol. The predicted octanol–water partition coefficient (Wildman–Crippen LogP) is 5.91. The Kier molecular flexibility index (Phi) is 7.72. The smallest absolute Gasteiger partial charge is 0.315 e. The Morgan fingerprint density at radius 2 is 1.84 bits per heavy atom. The van der Waals surface area contributed by atoms with Gasteiger partial charge in [-0.25, -0.2) is 0 Å². The third kappa shape index (κ3) is 5.79. The summed E-state index contributed by atoms with van der Waals surface area (Å²) in [5.74, 6) is -0.186. The van der Waals surface area contributed by atoms with Crippen molar-refractivity contribution in [2.75, 3.05) is 7.11 Å². The largest absolute Gasteiger partial charge is 0.468 e. The molecule has 1 rings (SSSR count). The summed E-state index contributed by atoms with van der Waals surface area (Å²) in [6, 6.07) is 8.11. The van der Waals surface area contributed by atoms with Crippen molar-refractivity contribution in [2.45, 2.75) is 77.1 Å². The van der Waals surface area contributed by atoms with Crippen LogP contribution in [0.5, 0.6) is 0 Å². The van der Waals surface area contributed by atoms with Gasteiger partial charge in [0.1, 0.15) is 0 Å². The lowest BCUT2D eigenvalue weighted by molar-refractivity contribution is -0.147. The fourth-order valence-electron chi connectivity index (χ4n) is 2.65. The van der Waals surface area contributed by atoms with Crippen LogP contribution in [0.15, 0.2) is 24.3 Å². The van der Waals surface area contributed by atoms with E-state index in [4.69, 9.17) is 9.16 Å². The number of methoxy groups -OCH3 is 1. The van der Waals surface area contributed by atoms with E-state index in [0.717, 1.165) is 15.6 Å². The summed E-state index contributed by atoms with van der Waals surface area (Å²) in [5.41, 5.74) is 0.354. The second-order valence-electron chi connectivity index (χ2n) is 8.56. The zero-order valence-corrected chi connectivity index (χ0v) is 20.1. The van der Waals surface area contributed by atoms with Gasteiger partial charge in [-0.05, 0) is 85.1 Å². The fraction of sp³-hybridized carbons (Fsp3) is 0.650. The molecule has 0 aliphatic carbocycles. The normalized spacial score (nSPS) is 16.2. The van der Waals surface area contributed by atoms with Crippen LogP contribution in [-0.4, -0.2) is 27.5 Å². The summed E-state index contributed by atoms with van der Waals surface area (Å²) in [6.45, 7) is 15.4. The Balaban J connectivity index is 2.93. The Bertz CT molecular complexity index is 595. The van der Waals surface area contributed by atoms with Crippen molar-refractivity contribution in [3.8, 4) is 0 Å². The molecule has 3 nitrogen and oxygen atoms in total. The van der Waals surface area contributed by atoms with Gasteiger partial charge in [0.05, 0.1) is 12.5 Å². The first-order valence-corrected chi connectivity index (χ1v) is 12.8. The molecular formula is C20H33IO3Si. The fourth-order valence-corrected chi connectivity index (χ4v) is 4.67. The summed E-state index contributed by atoms with van der Waals surface area (Å²) in [5, 5.41) is 0.183. The van der Waals surface area contributed by atoms with E-state index in [1.165, 1.54) is 7.11 Å². The van der Waals surface area contributed by atoms with Gasteiger partial charge in [0.15, 0.2) is 8.32 Å². The first-order valence-electron chi connectivity index (χ1n) is 8.86. The molecule has 0 aliphatic rings. The Morgan fingerprint density at radius 1 is 1.24 bits per heavy atom. The van der Waals surface area contributed by atoms with E-state index in [9.17, 15) is 4.79 Å². The summed E-state index contributed by atoms with van der Waals surface area (Å²) in [4.78, 5) is 12.5. The molecule has 0 spiro atoms. The van der Waals surface area contributed by atoms with Gasteiger partial charge in [-0.2, -0.15) is 0 Å². The predicted molar refractivity (Wildman–Crippen MR) is 116 cm³/mol. The van der Waals surface area contributed by atoms with Crippen LogP contribution in [0.1, 0.15) is 53.0 Å². The van der Waals surface area contributed by atoms with E-state index in [0.29, 0.717) is 6.42 Å². The lowest BCUT2D eigenvalue weighted by Gasteiger charge is -2.39. The Hall–Kier alpha value is -0.403. The molecule has 25 heavy (non-hydrogen) atoms. The lowest BCUT2D eigenvalue weighted by atomic mass is 9.78. The van der Waals surface area contributed by atoms with Crippen LogP contribution in [0, 0.1) is 3.57 Å². The molecule has 0 N–H and O–H groups in total. The second-order valence-corrected chi connectivity index (χ2v) is 14.6. The number of hydrogen-bond donors (Lipinski definition) is 0.